The van der Waals surface area contributed by atoms with Crippen LogP contribution in [0.4, 0.5) is 0 Å². The van der Waals surface area contributed by atoms with Crippen LogP contribution in [0.15, 0.2) is 42.7 Å². The van der Waals surface area contributed by atoms with Crippen LogP contribution in [-0.2, 0) is 0 Å². The van der Waals surface area contributed by atoms with Crippen molar-refractivity contribution in [3.05, 3.63) is 48.3 Å². The Balaban J connectivity index is 2.29. The fourth-order valence-corrected chi connectivity index (χ4v) is 1.95. The number of carbonyl (C=O) groups is 1. The molecule has 1 heterocycles. The molecule has 2 aromatic rings. The number of nitrogens with zero attached hydrogens (tertiary/aromatic N) is 1. The molecule has 2 rings (SSSR count). The Labute approximate surface area is 119 Å². The molecule has 1 aromatic heterocycles. The second-order valence-corrected chi connectivity index (χ2v) is 4.62. The number of carbonyl (C=O) groups excluding carboxylic acids is 1. The average Bonchev–Trinajstić information content (AvgIpc) is 2.52. The predicted molar refractivity (Wildman–Crippen MR) is 80.1 cm³/mol. The molecule has 0 amide bonds. The standard InChI is InChI=1S/C17H19NO2/c1-3-8-20-16-10-15(11-18-12-16)13-6-5-7-14(9-13)17(19)4-2/h5-7,9-12H,3-4,8H2,1-2H3. The van der Waals surface area contributed by atoms with E-state index in [1.54, 1.807) is 12.4 Å². The maximum Gasteiger partial charge on any atom is 0.162 e. The summed E-state index contributed by atoms with van der Waals surface area (Å²) in [6, 6.07) is 9.59. The quantitative estimate of drug-likeness (QED) is 0.740. The van der Waals surface area contributed by atoms with E-state index >= 15 is 0 Å². The molecule has 0 fully saturated rings. The zero-order valence-electron chi connectivity index (χ0n) is 11.9. The predicted octanol–water partition coefficient (Wildman–Crippen LogP) is 4.13. The van der Waals surface area contributed by atoms with Crippen molar-refractivity contribution in [3.8, 4) is 16.9 Å². The Morgan fingerprint density at radius 3 is 2.75 bits per heavy atom. The van der Waals surface area contributed by atoms with Gasteiger partial charge in [0.15, 0.2) is 5.78 Å². The smallest absolute Gasteiger partial charge is 0.162 e. The number of pyridine rings is 1. The van der Waals surface area contributed by atoms with Crippen molar-refractivity contribution < 1.29 is 9.53 Å². The van der Waals surface area contributed by atoms with E-state index in [9.17, 15) is 4.79 Å². The van der Waals surface area contributed by atoms with Gasteiger partial charge in [0.05, 0.1) is 12.8 Å². The molecule has 0 aliphatic rings. The second kappa shape index (κ2) is 6.85. The molecule has 0 unspecified atom stereocenters. The first-order valence-corrected chi connectivity index (χ1v) is 6.96. The first-order valence-electron chi connectivity index (χ1n) is 6.96. The number of rotatable bonds is 6. The van der Waals surface area contributed by atoms with Gasteiger partial charge in [-0.15, -0.1) is 0 Å². The van der Waals surface area contributed by atoms with E-state index in [1.807, 2.05) is 37.3 Å². The minimum atomic E-state index is 0.151. The van der Waals surface area contributed by atoms with Crippen LogP contribution in [0.1, 0.15) is 37.0 Å². The normalized spacial score (nSPS) is 10.3. The number of ketones is 1. The molecule has 0 bridgehead atoms. The Morgan fingerprint density at radius 2 is 2.00 bits per heavy atom. The monoisotopic (exact) mass is 269 g/mol. The van der Waals surface area contributed by atoms with Crippen LogP contribution in [-0.4, -0.2) is 17.4 Å². The lowest BCUT2D eigenvalue weighted by Crippen LogP contribution is -1.97. The van der Waals surface area contributed by atoms with Crippen molar-refractivity contribution in [2.24, 2.45) is 0 Å². The van der Waals surface area contributed by atoms with E-state index < -0.39 is 0 Å². The van der Waals surface area contributed by atoms with Crippen LogP contribution >= 0.6 is 0 Å². The summed E-state index contributed by atoms with van der Waals surface area (Å²) >= 11 is 0. The molecule has 0 spiro atoms. The van der Waals surface area contributed by atoms with Crippen molar-refractivity contribution >= 4 is 5.78 Å². The molecule has 1 aromatic carbocycles. The molecule has 0 radical (unpaired) electrons. The first-order chi connectivity index (χ1) is 9.74. The van der Waals surface area contributed by atoms with E-state index in [1.165, 1.54) is 0 Å². The fourth-order valence-electron chi connectivity index (χ4n) is 1.95. The summed E-state index contributed by atoms with van der Waals surface area (Å²) in [6.45, 7) is 4.62. The third kappa shape index (κ3) is 3.44. The molecule has 0 atom stereocenters. The van der Waals surface area contributed by atoms with Gasteiger partial charge >= 0.3 is 0 Å². The molecule has 0 saturated carbocycles. The topological polar surface area (TPSA) is 39.2 Å². The van der Waals surface area contributed by atoms with E-state index in [2.05, 4.69) is 11.9 Å². The number of hydrogen-bond acceptors (Lipinski definition) is 3. The molecular weight excluding hydrogens is 250 g/mol. The second-order valence-electron chi connectivity index (χ2n) is 4.62. The Hall–Kier alpha value is -2.16. The maximum atomic E-state index is 11.8. The molecule has 3 nitrogen and oxygen atoms in total. The van der Waals surface area contributed by atoms with Gasteiger partial charge in [-0.25, -0.2) is 0 Å². The summed E-state index contributed by atoms with van der Waals surface area (Å²) in [6.07, 6.45) is 4.97. The molecule has 3 heteroatoms. The lowest BCUT2D eigenvalue weighted by Gasteiger charge is -2.07. The van der Waals surface area contributed by atoms with Crippen LogP contribution < -0.4 is 4.74 Å². The average molecular weight is 269 g/mol. The van der Waals surface area contributed by atoms with E-state index in [4.69, 9.17) is 4.74 Å². The minimum Gasteiger partial charge on any atom is -0.492 e. The molecule has 0 saturated heterocycles. The van der Waals surface area contributed by atoms with Crippen molar-refractivity contribution in [1.82, 2.24) is 4.98 Å². The van der Waals surface area contributed by atoms with Gasteiger partial charge in [0.25, 0.3) is 0 Å². The highest BCUT2D eigenvalue weighted by molar-refractivity contribution is 5.96. The van der Waals surface area contributed by atoms with Gasteiger partial charge in [0.1, 0.15) is 5.75 Å². The van der Waals surface area contributed by atoms with Gasteiger partial charge in [-0.2, -0.15) is 0 Å². The molecule has 0 N–H and O–H groups in total. The fraction of sp³-hybridized carbons (Fsp3) is 0.294. The maximum absolute atomic E-state index is 11.8. The minimum absolute atomic E-state index is 0.151. The zero-order valence-corrected chi connectivity index (χ0v) is 11.9. The third-order valence-electron chi connectivity index (χ3n) is 3.03. The molecular formula is C17H19NO2. The van der Waals surface area contributed by atoms with Crippen LogP contribution in [0.3, 0.4) is 0 Å². The van der Waals surface area contributed by atoms with Gasteiger partial charge in [0.2, 0.25) is 0 Å². The molecule has 104 valence electrons. The highest BCUT2D eigenvalue weighted by Gasteiger charge is 2.06. The molecule has 0 aliphatic heterocycles. The largest absolute Gasteiger partial charge is 0.492 e. The van der Waals surface area contributed by atoms with Crippen LogP contribution in [0.5, 0.6) is 5.75 Å². The number of aromatic nitrogens is 1. The first kappa shape index (κ1) is 14.3. The van der Waals surface area contributed by atoms with Gasteiger partial charge in [-0.3, -0.25) is 9.78 Å². The number of hydrogen-bond donors (Lipinski definition) is 0. The highest BCUT2D eigenvalue weighted by Crippen LogP contribution is 2.24. The Kier molecular flexibility index (Phi) is 4.88. The van der Waals surface area contributed by atoms with Crippen molar-refractivity contribution in [2.75, 3.05) is 6.61 Å². The van der Waals surface area contributed by atoms with Crippen molar-refractivity contribution in [3.63, 3.8) is 0 Å². The summed E-state index contributed by atoms with van der Waals surface area (Å²) in [5.74, 6) is 0.912. The third-order valence-corrected chi connectivity index (χ3v) is 3.03. The van der Waals surface area contributed by atoms with Gasteiger partial charge in [-0.05, 0) is 24.1 Å². The van der Waals surface area contributed by atoms with Crippen molar-refractivity contribution in [1.29, 1.82) is 0 Å². The lowest BCUT2D eigenvalue weighted by molar-refractivity contribution is 0.0988. The summed E-state index contributed by atoms with van der Waals surface area (Å²) in [5, 5.41) is 0. The van der Waals surface area contributed by atoms with Gasteiger partial charge in [0, 0.05) is 23.7 Å². The van der Waals surface area contributed by atoms with Gasteiger partial charge in [-0.1, -0.05) is 32.0 Å². The summed E-state index contributed by atoms with van der Waals surface area (Å²) in [4.78, 5) is 16.0. The summed E-state index contributed by atoms with van der Waals surface area (Å²) < 4.78 is 5.59. The highest BCUT2D eigenvalue weighted by atomic mass is 16.5. The number of ether oxygens (including phenoxy) is 1. The van der Waals surface area contributed by atoms with Crippen LogP contribution in [0, 0.1) is 0 Å². The summed E-state index contributed by atoms with van der Waals surface area (Å²) in [5.41, 5.74) is 2.69. The van der Waals surface area contributed by atoms with E-state index in [0.29, 0.717) is 13.0 Å². The van der Waals surface area contributed by atoms with E-state index in [0.717, 1.165) is 28.9 Å². The Bertz CT molecular complexity index is 593. The zero-order chi connectivity index (χ0) is 14.4. The van der Waals surface area contributed by atoms with Gasteiger partial charge < -0.3 is 4.74 Å². The number of Topliss-reactive ketones (excluding diaryl/α,β-unsaturated/α-hetero) is 1. The van der Waals surface area contributed by atoms with Crippen LogP contribution in [0.2, 0.25) is 0 Å². The SMILES string of the molecule is CCCOc1cncc(-c2cccc(C(=O)CC)c2)c1. The molecule has 0 aliphatic carbocycles. The van der Waals surface area contributed by atoms with Crippen LogP contribution in [0.25, 0.3) is 11.1 Å². The van der Waals surface area contributed by atoms with E-state index in [-0.39, 0.29) is 5.78 Å². The number of benzene rings is 1. The molecule has 20 heavy (non-hydrogen) atoms. The van der Waals surface area contributed by atoms with Crippen molar-refractivity contribution in [2.45, 2.75) is 26.7 Å². The Morgan fingerprint density at radius 1 is 1.15 bits per heavy atom. The summed E-state index contributed by atoms with van der Waals surface area (Å²) in [7, 11) is 0. The lowest BCUT2D eigenvalue weighted by atomic mass is 10.0.